The van der Waals surface area contributed by atoms with Gasteiger partial charge >= 0.3 is 0 Å². The maximum absolute atomic E-state index is 11.9. The molecule has 0 bridgehead atoms. The van der Waals surface area contributed by atoms with E-state index in [0.717, 1.165) is 48.3 Å². The molecule has 1 aliphatic heterocycles. The van der Waals surface area contributed by atoms with E-state index in [0.29, 0.717) is 19.9 Å². The van der Waals surface area contributed by atoms with E-state index in [9.17, 15) is 4.79 Å². The van der Waals surface area contributed by atoms with Gasteiger partial charge in [0.05, 0.1) is 4.88 Å². The zero-order chi connectivity index (χ0) is 19.6. The van der Waals surface area contributed by atoms with Gasteiger partial charge < -0.3 is 25.4 Å². The molecular weight excluding hydrogens is 503 g/mol. The normalized spacial score (nSPS) is 12.2. The van der Waals surface area contributed by atoms with Gasteiger partial charge in [0.25, 0.3) is 5.91 Å². The standard InChI is InChI=1S/C20H26N4O3S.HI/c1-2-21-20(23-10-4-9-22-19(25)18-5-3-12-28-18)24-11-8-15-6-7-16-17(13-15)27-14-26-16;/h3,5-7,12-13H,2,4,8-11,14H2,1H3,(H,22,25)(H2,21,23,24);1H. The highest BCUT2D eigenvalue weighted by Gasteiger charge is 2.13. The summed E-state index contributed by atoms with van der Waals surface area (Å²) in [5.41, 5.74) is 1.18. The summed E-state index contributed by atoms with van der Waals surface area (Å²) in [5.74, 6) is 2.38. The molecule has 7 nitrogen and oxygen atoms in total. The van der Waals surface area contributed by atoms with Gasteiger partial charge in [-0.25, -0.2) is 0 Å². The van der Waals surface area contributed by atoms with Gasteiger partial charge in [-0.15, -0.1) is 35.3 Å². The van der Waals surface area contributed by atoms with Crippen LogP contribution in [0.1, 0.15) is 28.6 Å². The number of guanidine groups is 1. The summed E-state index contributed by atoms with van der Waals surface area (Å²) in [6.07, 6.45) is 1.65. The molecule has 158 valence electrons. The quantitative estimate of drug-likeness (QED) is 0.201. The van der Waals surface area contributed by atoms with Crippen molar-refractivity contribution in [1.29, 1.82) is 0 Å². The lowest BCUT2D eigenvalue weighted by Crippen LogP contribution is -2.38. The maximum Gasteiger partial charge on any atom is 0.261 e. The number of fused-ring (bicyclic) bond motifs is 1. The molecular formula is C20H27IN4O3S. The third kappa shape index (κ3) is 7.39. The molecule has 0 saturated carbocycles. The van der Waals surface area contributed by atoms with Crippen LogP contribution in [0.15, 0.2) is 40.7 Å². The third-order valence-electron chi connectivity index (χ3n) is 4.12. The molecule has 9 heteroatoms. The van der Waals surface area contributed by atoms with Crippen LogP contribution in [0.4, 0.5) is 0 Å². The number of nitrogens with zero attached hydrogens (tertiary/aromatic N) is 1. The Morgan fingerprint density at radius 3 is 2.79 bits per heavy atom. The van der Waals surface area contributed by atoms with Crippen molar-refractivity contribution in [1.82, 2.24) is 16.0 Å². The second-order valence-corrected chi connectivity index (χ2v) is 7.16. The number of nitrogens with one attached hydrogen (secondary N) is 3. The first-order valence-electron chi connectivity index (χ1n) is 9.48. The van der Waals surface area contributed by atoms with E-state index in [2.05, 4.69) is 27.0 Å². The van der Waals surface area contributed by atoms with Crippen LogP contribution in [0.25, 0.3) is 0 Å². The number of thiophene rings is 1. The summed E-state index contributed by atoms with van der Waals surface area (Å²) >= 11 is 1.45. The Balaban J connectivity index is 0.00000300. The first kappa shape index (κ1) is 23.3. The Kier molecular flexibility index (Phi) is 10.1. The van der Waals surface area contributed by atoms with Crippen LogP contribution >= 0.6 is 35.3 Å². The molecule has 0 unspecified atom stereocenters. The molecule has 1 aliphatic rings. The molecule has 2 aromatic rings. The van der Waals surface area contributed by atoms with Gasteiger partial charge in [0.1, 0.15) is 0 Å². The molecule has 29 heavy (non-hydrogen) atoms. The fourth-order valence-electron chi connectivity index (χ4n) is 2.73. The molecule has 1 aromatic carbocycles. The Hall–Kier alpha value is -2.01. The Morgan fingerprint density at radius 1 is 1.14 bits per heavy atom. The Morgan fingerprint density at radius 2 is 2.00 bits per heavy atom. The van der Waals surface area contributed by atoms with Crippen molar-refractivity contribution < 1.29 is 14.3 Å². The van der Waals surface area contributed by atoms with Gasteiger partial charge in [0, 0.05) is 26.2 Å². The highest BCUT2D eigenvalue weighted by Crippen LogP contribution is 2.32. The number of aliphatic imine (C=N–C) groups is 1. The molecule has 1 amide bonds. The van der Waals surface area contributed by atoms with E-state index in [-0.39, 0.29) is 29.9 Å². The fourth-order valence-corrected chi connectivity index (χ4v) is 3.37. The van der Waals surface area contributed by atoms with Crippen LogP contribution in [0.2, 0.25) is 0 Å². The summed E-state index contributed by atoms with van der Waals surface area (Å²) in [4.78, 5) is 17.2. The van der Waals surface area contributed by atoms with Gasteiger partial charge in [-0.05, 0) is 48.9 Å². The number of hydrogen-bond acceptors (Lipinski definition) is 5. The first-order chi connectivity index (χ1) is 13.8. The van der Waals surface area contributed by atoms with Crippen molar-refractivity contribution >= 4 is 47.2 Å². The molecule has 1 aromatic heterocycles. The molecule has 0 atom stereocenters. The monoisotopic (exact) mass is 530 g/mol. The van der Waals surface area contributed by atoms with E-state index in [4.69, 9.17) is 9.47 Å². The first-order valence-corrected chi connectivity index (χ1v) is 10.4. The minimum Gasteiger partial charge on any atom is -0.454 e. The molecule has 2 heterocycles. The predicted molar refractivity (Wildman–Crippen MR) is 127 cm³/mol. The molecule has 0 aliphatic carbocycles. The Labute approximate surface area is 192 Å². The molecule has 0 fully saturated rings. The van der Waals surface area contributed by atoms with Crippen LogP contribution in [0.3, 0.4) is 0 Å². The van der Waals surface area contributed by atoms with Crippen molar-refractivity contribution in [3.8, 4) is 11.5 Å². The fraction of sp³-hybridized carbons (Fsp3) is 0.400. The average molecular weight is 530 g/mol. The summed E-state index contributed by atoms with van der Waals surface area (Å²) in [6, 6.07) is 9.72. The average Bonchev–Trinajstić information content (AvgIpc) is 3.39. The number of amides is 1. The largest absolute Gasteiger partial charge is 0.454 e. The van der Waals surface area contributed by atoms with E-state index >= 15 is 0 Å². The van der Waals surface area contributed by atoms with Gasteiger partial charge in [0.15, 0.2) is 17.5 Å². The molecule has 3 N–H and O–H groups in total. The second-order valence-electron chi connectivity index (χ2n) is 6.21. The van der Waals surface area contributed by atoms with E-state index < -0.39 is 0 Å². The topological polar surface area (TPSA) is 84.0 Å². The SMILES string of the molecule is CCNC(=NCCCNC(=O)c1cccs1)NCCc1ccc2c(c1)OCO2.I. The summed E-state index contributed by atoms with van der Waals surface area (Å²) < 4.78 is 10.7. The zero-order valence-electron chi connectivity index (χ0n) is 16.4. The van der Waals surface area contributed by atoms with Crippen molar-refractivity contribution in [3.63, 3.8) is 0 Å². The number of rotatable bonds is 9. The van der Waals surface area contributed by atoms with E-state index in [1.165, 1.54) is 16.9 Å². The van der Waals surface area contributed by atoms with Gasteiger partial charge in [-0.3, -0.25) is 9.79 Å². The zero-order valence-corrected chi connectivity index (χ0v) is 19.5. The van der Waals surface area contributed by atoms with E-state index in [1.807, 2.05) is 36.6 Å². The van der Waals surface area contributed by atoms with Crippen LogP contribution in [0, 0.1) is 0 Å². The van der Waals surface area contributed by atoms with Crippen LogP contribution in [-0.4, -0.2) is 44.8 Å². The Bertz CT molecular complexity index is 799. The number of halogens is 1. The summed E-state index contributed by atoms with van der Waals surface area (Å²) in [5, 5.41) is 11.4. The maximum atomic E-state index is 11.9. The van der Waals surface area contributed by atoms with Gasteiger partial charge in [0.2, 0.25) is 6.79 Å². The van der Waals surface area contributed by atoms with Crippen molar-refractivity contribution in [3.05, 3.63) is 46.2 Å². The lowest BCUT2D eigenvalue weighted by atomic mass is 10.1. The minimum atomic E-state index is -0.0206. The van der Waals surface area contributed by atoms with Crippen LogP contribution in [0.5, 0.6) is 11.5 Å². The van der Waals surface area contributed by atoms with Crippen LogP contribution < -0.4 is 25.4 Å². The number of carbonyl (C=O) groups excluding carboxylic acids is 1. The predicted octanol–water partition coefficient (Wildman–Crippen LogP) is 3.01. The van der Waals surface area contributed by atoms with Crippen molar-refractivity contribution in [2.45, 2.75) is 19.8 Å². The minimum absolute atomic E-state index is 0. The molecule has 0 radical (unpaired) electrons. The number of benzene rings is 1. The van der Waals surface area contributed by atoms with Crippen molar-refractivity contribution in [2.24, 2.45) is 4.99 Å². The lowest BCUT2D eigenvalue weighted by Gasteiger charge is -2.11. The molecule has 3 rings (SSSR count). The number of hydrogen-bond donors (Lipinski definition) is 3. The molecule has 0 spiro atoms. The second kappa shape index (κ2) is 12.5. The van der Waals surface area contributed by atoms with Crippen molar-refractivity contribution in [2.75, 3.05) is 33.0 Å². The number of carbonyl (C=O) groups is 1. The van der Waals surface area contributed by atoms with Gasteiger partial charge in [-0.1, -0.05) is 12.1 Å². The third-order valence-corrected chi connectivity index (χ3v) is 4.99. The summed E-state index contributed by atoms with van der Waals surface area (Å²) in [6.45, 7) is 5.14. The lowest BCUT2D eigenvalue weighted by molar-refractivity contribution is 0.0957. The van der Waals surface area contributed by atoms with E-state index in [1.54, 1.807) is 0 Å². The number of ether oxygens (including phenoxy) is 2. The van der Waals surface area contributed by atoms with Crippen LogP contribution in [-0.2, 0) is 6.42 Å². The summed E-state index contributed by atoms with van der Waals surface area (Å²) in [7, 11) is 0. The molecule has 0 saturated heterocycles. The highest BCUT2D eigenvalue weighted by molar-refractivity contribution is 14.0. The smallest absolute Gasteiger partial charge is 0.261 e. The van der Waals surface area contributed by atoms with Gasteiger partial charge in [-0.2, -0.15) is 0 Å². The highest BCUT2D eigenvalue weighted by atomic mass is 127.